The average Bonchev–Trinajstić information content (AvgIpc) is 2.78. The van der Waals surface area contributed by atoms with Crippen LogP contribution in [0, 0.1) is 0 Å². The highest BCUT2D eigenvalue weighted by atomic mass is 79.9. The van der Waals surface area contributed by atoms with Gasteiger partial charge in [-0.05, 0) is 46.6 Å². The maximum atomic E-state index is 4.62. The van der Waals surface area contributed by atoms with Crippen LogP contribution in [0.5, 0.6) is 0 Å². The maximum Gasteiger partial charge on any atom is 0.0783 e. The molecule has 102 valence electrons. The number of hydrogen-bond acceptors (Lipinski definition) is 2. The molecular formula is C15H20BrN3. The fraction of sp³-hybridized carbons (Fsp3) is 0.400. The Bertz CT molecular complexity index is 529. The third-order valence-corrected chi connectivity index (χ3v) is 3.84. The van der Waals surface area contributed by atoms with Crippen molar-refractivity contribution in [3.8, 4) is 5.69 Å². The first-order chi connectivity index (χ1) is 9.11. The SMILES string of the molecule is CNCCc1nn(-c2ccc(C(C)C)cc2)cc1Br. The minimum Gasteiger partial charge on any atom is -0.319 e. The van der Waals surface area contributed by atoms with Gasteiger partial charge in [0, 0.05) is 19.2 Å². The lowest BCUT2D eigenvalue weighted by atomic mass is 10.0. The van der Waals surface area contributed by atoms with Crippen molar-refractivity contribution in [1.82, 2.24) is 15.1 Å². The average molecular weight is 322 g/mol. The second-order valence-electron chi connectivity index (χ2n) is 4.97. The first-order valence-corrected chi connectivity index (χ1v) is 7.40. The van der Waals surface area contributed by atoms with Gasteiger partial charge in [-0.2, -0.15) is 5.10 Å². The molecular weight excluding hydrogens is 302 g/mol. The van der Waals surface area contributed by atoms with Crippen LogP contribution in [0.4, 0.5) is 0 Å². The second kappa shape index (κ2) is 6.35. The zero-order valence-corrected chi connectivity index (χ0v) is 13.2. The molecule has 0 saturated heterocycles. The van der Waals surface area contributed by atoms with Gasteiger partial charge in [-0.1, -0.05) is 26.0 Å². The summed E-state index contributed by atoms with van der Waals surface area (Å²) < 4.78 is 3.00. The Morgan fingerprint density at radius 3 is 2.53 bits per heavy atom. The van der Waals surface area contributed by atoms with Crippen molar-refractivity contribution in [3.05, 3.63) is 46.2 Å². The summed E-state index contributed by atoms with van der Waals surface area (Å²) in [5.74, 6) is 0.560. The number of benzene rings is 1. The molecule has 0 aliphatic carbocycles. The molecule has 3 nitrogen and oxygen atoms in total. The van der Waals surface area contributed by atoms with E-state index in [0.29, 0.717) is 5.92 Å². The summed E-state index contributed by atoms with van der Waals surface area (Å²) in [5, 5.41) is 7.76. The monoisotopic (exact) mass is 321 g/mol. The molecule has 1 heterocycles. The first-order valence-electron chi connectivity index (χ1n) is 6.60. The van der Waals surface area contributed by atoms with Crippen molar-refractivity contribution in [1.29, 1.82) is 0 Å². The number of likely N-dealkylation sites (N-methyl/N-ethyl adjacent to an activating group) is 1. The Morgan fingerprint density at radius 1 is 1.26 bits per heavy atom. The number of halogens is 1. The van der Waals surface area contributed by atoms with Crippen molar-refractivity contribution in [3.63, 3.8) is 0 Å². The normalized spacial score (nSPS) is 11.2. The van der Waals surface area contributed by atoms with E-state index in [9.17, 15) is 0 Å². The zero-order chi connectivity index (χ0) is 13.8. The quantitative estimate of drug-likeness (QED) is 0.913. The minimum atomic E-state index is 0.560. The van der Waals surface area contributed by atoms with Gasteiger partial charge in [0.05, 0.1) is 15.9 Å². The molecule has 0 amide bonds. The summed E-state index contributed by atoms with van der Waals surface area (Å²) in [4.78, 5) is 0. The molecule has 0 aliphatic heterocycles. The number of rotatable bonds is 5. The largest absolute Gasteiger partial charge is 0.319 e. The lowest BCUT2D eigenvalue weighted by molar-refractivity contribution is 0.753. The summed E-state index contributed by atoms with van der Waals surface area (Å²) in [6.45, 7) is 5.34. The van der Waals surface area contributed by atoms with E-state index >= 15 is 0 Å². The van der Waals surface area contributed by atoms with Gasteiger partial charge in [0.15, 0.2) is 0 Å². The van der Waals surface area contributed by atoms with Crippen molar-refractivity contribution >= 4 is 15.9 Å². The van der Waals surface area contributed by atoms with E-state index < -0.39 is 0 Å². The van der Waals surface area contributed by atoms with E-state index in [0.717, 1.165) is 28.8 Å². The molecule has 1 aromatic carbocycles. The van der Waals surface area contributed by atoms with Gasteiger partial charge < -0.3 is 5.32 Å². The fourth-order valence-corrected chi connectivity index (χ4v) is 2.42. The van der Waals surface area contributed by atoms with Crippen molar-refractivity contribution in [2.24, 2.45) is 0 Å². The van der Waals surface area contributed by atoms with Gasteiger partial charge in [-0.25, -0.2) is 4.68 Å². The summed E-state index contributed by atoms with van der Waals surface area (Å²) in [5.41, 5.74) is 3.54. The Hall–Kier alpha value is -1.13. The van der Waals surface area contributed by atoms with Crippen molar-refractivity contribution in [2.75, 3.05) is 13.6 Å². The minimum absolute atomic E-state index is 0.560. The Labute approximate surface area is 123 Å². The van der Waals surface area contributed by atoms with Crippen LogP contribution in [0.3, 0.4) is 0 Å². The van der Waals surface area contributed by atoms with Gasteiger partial charge in [0.25, 0.3) is 0 Å². The highest BCUT2D eigenvalue weighted by molar-refractivity contribution is 9.10. The molecule has 0 unspecified atom stereocenters. The third kappa shape index (κ3) is 3.45. The van der Waals surface area contributed by atoms with E-state index in [-0.39, 0.29) is 0 Å². The lowest BCUT2D eigenvalue weighted by Gasteiger charge is -2.06. The molecule has 1 aromatic heterocycles. The van der Waals surface area contributed by atoms with Crippen LogP contribution in [0.1, 0.15) is 31.0 Å². The number of hydrogen-bond donors (Lipinski definition) is 1. The van der Waals surface area contributed by atoms with Crippen LogP contribution in [0.15, 0.2) is 34.9 Å². The van der Waals surface area contributed by atoms with Crippen LogP contribution < -0.4 is 5.32 Å². The van der Waals surface area contributed by atoms with E-state index in [1.807, 2.05) is 17.9 Å². The number of nitrogens with zero attached hydrogens (tertiary/aromatic N) is 2. The second-order valence-corrected chi connectivity index (χ2v) is 5.82. The van der Waals surface area contributed by atoms with E-state index in [2.05, 4.69) is 64.5 Å². The highest BCUT2D eigenvalue weighted by Crippen LogP contribution is 2.20. The zero-order valence-electron chi connectivity index (χ0n) is 11.7. The highest BCUT2D eigenvalue weighted by Gasteiger charge is 2.07. The molecule has 0 saturated carbocycles. The van der Waals surface area contributed by atoms with Gasteiger partial charge in [-0.3, -0.25) is 0 Å². The number of aromatic nitrogens is 2. The van der Waals surface area contributed by atoms with Gasteiger partial charge in [0.2, 0.25) is 0 Å². The van der Waals surface area contributed by atoms with Crippen molar-refractivity contribution in [2.45, 2.75) is 26.2 Å². The van der Waals surface area contributed by atoms with Gasteiger partial charge in [0.1, 0.15) is 0 Å². The summed E-state index contributed by atoms with van der Waals surface area (Å²) in [6, 6.07) is 8.58. The third-order valence-electron chi connectivity index (χ3n) is 3.18. The van der Waals surface area contributed by atoms with Gasteiger partial charge >= 0.3 is 0 Å². The molecule has 4 heteroatoms. The van der Waals surface area contributed by atoms with Crippen LogP contribution >= 0.6 is 15.9 Å². The predicted octanol–water partition coefficient (Wildman–Crippen LogP) is 3.52. The van der Waals surface area contributed by atoms with Crippen LogP contribution in [-0.4, -0.2) is 23.4 Å². The Morgan fingerprint density at radius 2 is 1.95 bits per heavy atom. The van der Waals surface area contributed by atoms with Crippen LogP contribution in [0.25, 0.3) is 5.69 Å². The predicted molar refractivity (Wildman–Crippen MR) is 83.0 cm³/mol. The van der Waals surface area contributed by atoms with Crippen LogP contribution in [-0.2, 0) is 6.42 Å². The molecule has 1 N–H and O–H groups in total. The molecule has 0 fully saturated rings. The standard InChI is InChI=1S/C15H20BrN3/c1-11(2)12-4-6-13(7-5-12)19-10-14(16)15(18-19)8-9-17-3/h4-7,10-11,17H,8-9H2,1-3H3. The van der Waals surface area contributed by atoms with Crippen LogP contribution in [0.2, 0.25) is 0 Å². The molecule has 2 rings (SSSR count). The summed E-state index contributed by atoms with van der Waals surface area (Å²) in [6.07, 6.45) is 2.95. The first kappa shape index (κ1) is 14.3. The molecule has 0 bridgehead atoms. The Kier molecular flexibility index (Phi) is 4.77. The number of nitrogens with one attached hydrogen (secondary N) is 1. The maximum absolute atomic E-state index is 4.62. The van der Waals surface area contributed by atoms with E-state index in [1.165, 1.54) is 5.56 Å². The fourth-order valence-electron chi connectivity index (χ4n) is 1.95. The molecule has 19 heavy (non-hydrogen) atoms. The smallest absolute Gasteiger partial charge is 0.0783 e. The van der Waals surface area contributed by atoms with Gasteiger partial charge in [-0.15, -0.1) is 0 Å². The summed E-state index contributed by atoms with van der Waals surface area (Å²) >= 11 is 3.57. The molecule has 2 aromatic rings. The topological polar surface area (TPSA) is 29.9 Å². The molecule has 0 spiro atoms. The van der Waals surface area contributed by atoms with Crippen molar-refractivity contribution < 1.29 is 0 Å². The molecule has 0 aliphatic rings. The summed E-state index contributed by atoms with van der Waals surface area (Å²) in [7, 11) is 1.95. The molecule has 0 atom stereocenters. The Balaban J connectivity index is 2.21. The lowest BCUT2D eigenvalue weighted by Crippen LogP contribution is -2.11. The van der Waals surface area contributed by atoms with E-state index in [1.54, 1.807) is 0 Å². The molecule has 0 radical (unpaired) electrons. The van der Waals surface area contributed by atoms with E-state index in [4.69, 9.17) is 0 Å².